The lowest BCUT2D eigenvalue weighted by atomic mass is 10.1. The highest BCUT2D eigenvalue weighted by molar-refractivity contribution is 9.11. The molecule has 0 atom stereocenters. The van der Waals surface area contributed by atoms with Gasteiger partial charge in [0.1, 0.15) is 0 Å². The van der Waals surface area contributed by atoms with Gasteiger partial charge in [0.05, 0.1) is 8.66 Å². The van der Waals surface area contributed by atoms with Crippen molar-refractivity contribution in [3.8, 4) is 0 Å². The van der Waals surface area contributed by atoms with Gasteiger partial charge in [0.15, 0.2) is 0 Å². The monoisotopic (exact) mass is 338 g/mol. The largest absolute Gasteiger partial charge is 0.399 e. The number of anilines is 2. The Bertz CT molecular complexity index is 630. The van der Waals surface area contributed by atoms with E-state index in [0.717, 1.165) is 31.9 Å². The Labute approximate surface area is 125 Å². The third-order valence-electron chi connectivity index (χ3n) is 2.94. The predicted molar refractivity (Wildman–Crippen MR) is 85.0 cm³/mol. The molecule has 0 fully saturated rings. The number of hydrogen-bond acceptors (Lipinski definition) is 3. The van der Waals surface area contributed by atoms with Crippen molar-refractivity contribution in [2.45, 2.75) is 20.8 Å². The van der Waals surface area contributed by atoms with Crippen molar-refractivity contribution in [1.29, 1.82) is 0 Å². The number of carbonyl (C=O) groups is 1. The average Bonchev–Trinajstić information content (AvgIpc) is 2.67. The van der Waals surface area contributed by atoms with Crippen LogP contribution in [-0.2, 0) is 0 Å². The van der Waals surface area contributed by atoms with Crippen LogP contribution >= 0.6 is 27.3 Å². The first-order valence-corrected chi connectivity index (χ1v) is 7.43. The second-order valence-corrected chi connectivity index (χ2v) is 6.92. The highest BCUT2D eigenvalue weighted by Gasteiger charge is 2.13. The van der Waals surface area contributed by atoms with E-state index in [1.807, 2.05) is 39.0 Å². The molecule has 5 heteroatoms. The maximum atomic E-state index is 12.2. The summed E-state index contributed by atoms with van der Waals surface area (Å²) in [6.45, 7) is 5.83. The Morgan fingerprint density at radius 1 is 1.16 bits per heavy atom. The summed E-state index contributed by atoms with van der Waals surface area (Å²) in [5, 5.41) is 2.93. The maximum Gasteiger partial charge on any atom is 0.265 e. The van der Waals surface area contributed by atoms with Crippen LogP contribution < -0.4 is 11.1 Å². The van der Waals surface area contributed by atoms with Crippen LogP contribution in [-0.4, -0.2) is 5.91 Å². The van der Waals surface area contributed by atoms with E-state index in [4.69, 9.17) is 5.73 Å². The fourth-order valence-corrected chi connectivity index (χ4v) is 3.16. The maximum absolute atomic E-state index is 12.2. The first kappa shape index (κ1) is 14.1. The number of nitrogens with two attached hydrogens (primary N) is 1. The Morgan fingerprint density at radius 2 is 1.84 bits per heavy atom. The SMILES string of the molecule is Cc1cc(NC(=O)c2cc(C)c(Br)s2)c(C)cc1N. The molecule has 1 heterocycles. The van der Waals surface area contributed by atoms with E-state index in [9.17, 15) is 4.79 Å². The fourth-order valence-electron chi connectivity index (χ4n) is 1.73. The minimum Gasteiger partial charge on any atom is -0.399 e. The molecule has 0 spiro atoms. The van der Waals surface area contributed by atoms with Crippen molar-refractivity contribution in [2.24, 2.45) is 0 Å². The third kappa shape index (κ3) is 2.98. The first-order chi connectivity index (χ1) is 8.88. The highest BCUT2D eigenvalue weighted by Crippen LogP contribution is 2.29. The topological polar surface area (TPSA) is 55.1 Å². The zero-order chi connectivity index (χ0) is 14.2. The van der Waals surface area contributed by atoms with Gasteiger partial charge in [0, 0.05) is 11.4 Å². The van der Waals surface area contributed by atoms with Gasteiger partial charge in [0.25, 0.3) is 5.91 Å². The highest BCUT2D eigenvalue weighted by atomic mass is 79.9. The molecular weight excluding hydrogens is 324 g/mol. The van der Waals surface area contributed by atoms with Crippen LogP contribution in [0.15, 0.2) is 22.0 Å². The summed E-state index contributed by atoms with van der Waals surface area (Å²) in [5.74, 6) is -0.0916. The molecule has 3 nitrogen and oxygen atoms in total. The molecule has 0 saturated heterocycles. The normalized spacial score (nSPS) is 10.5. The molecule has 0 aliphatic carbocycles. The zero-order valence-corrected chi connectivity index (χ0v) is 13.4. The molecule has 1 amide bonds. The van der Waals surface area contributed by atoms with Gasteiger partial charge >= 0.3 is 0 Å². The van der Waals surface area contributed by atoms with E-state index in [-0.39, 0.29) is 5.91 Å². The summed E-state index contributed by atoms with van der Waals surface area (Å²) in [6, 6.07) is 5.65. The summed E-state index contributed by atoms with van der Waals surface area (Å²) < 4.78 is 0.989. The van der Waals surface area contributed by atoms with Crippen molar-refractivity contribution < 1.29 is 4.79 Å². The van der Waals surface area contributed by atoms with Gasteiger partial charge < -0.3 is 11.1 Å². The number of thiophene rings is 1. The quantitative estimate of drug-likeness (QED) is 0.803. The molecule has 2 rings (SSSR count). The van der Waals surface area contributed by atoms with Crippen molar-refractivity contribution in [1.82, 2.24) is 0 Å². The van der Waals surface area contributed by atoms with Gasteiger partial charge in [-0.25, -0.2) is 0 Å². The molecule has 100 valence electrons. The third-order valence-corrected chi connectivity index (χ3v) is 5.08. The molecule has 1 aromatic heterocycles. The molecule has 1 aromatic carbocycles. The van der Waals surface area contributed by atoms with Gasteiger partial charge in [-0.15, -0.1) is 11.3 Å². The van der Waals surface area contributed by atoms with E-state index in [1.54, 1.807) is 0 Å². The van der Waals surface area contributed by atoms with Gasteiger partial charge in [0.2, 0.25) is 0 Å². The number of halogens is 1. The van der Waals surface area contributed by atoms with Crippen molar-refractivity contribution in [2.75, 3.05) is 11.1 Å². The van der Waals surface area contributed by atoms with E-state index in [2.05, 4.69) is 21.2 Å². The van der Waals surface area contributed by atoms with Crippen LogP contribution in [0.3, 0.4) is 0 Å². The van der Waals surface area contributed by atoms with Crippen molar-refractivity contribution in [3.63, 3.8) is 0 Å². The molecule has 3 N–H and O–H groups in total. The lowest BCUT2D eigenvalue weighted by molar-refractivity contribution is 0.103. The van der Waals surface area contributed by atoms with Gasteiger partial charge in [-0.05, 0) is 71.6 Å². The number of benzene rings is 1. The van der Waals surface area contributed by atoms with Crippen LogP contribution in [0.25, 0.3) is 0 Å². The van der Waals surface area contributed by atoms with Crippen LogP contribution in [0, 0.1) is 20.8 Å². The van der Waals surface area contributed by atoms with Gasteiger partial charge in [-0.3, -0.25) is 4.79 Å². The van der Waals surface area contributed by atoms with E-state index in [0.29, 0.717) is 4.88 Å². The van der Waals surface area contributed by atoms with Gasteiger partial charge in [-0.1, -0.05) is 0 Å². The van der Waals surface area contributed by atoms with E-state index in [1.165, 1.54) is 11.3 Å². The van der Waals surface area contributed by atoms with E-state index < -0.39 is 0 Å². The number of carbonyl (C=O) groups excluding carboxylic acids is 1. The molecule has 2 aromatic rings. The van der Waals surface area contributed by atoms with Crippen molar-refractivity contribution in [3.05, 3.63) is 43.6 Å². The molecule has 19 heavy (non-hydrogen) atoms. The second-order valence-electron chi connectivity index (χ2n) is 4.55. The standard InChI is InChI=1S/C14H15BrN2OS/c1-7-5-11(8(2)4-10(7)16)17-14(18)12-6-9(3)13(15)19-12/h4-6H,16H2,1-3H3,(H,17,18). The smallest absolute Gasteiger partial charge is 0.265 e. The van der Waals surface area contributed by atoms with Crippen LogP contribution in [0.2, 0.25) is 0 Å². The Hall–Kier alpha value is -1.33. The number of amides is 1. The minimum absolute atomic E-state index is 0.0916. The Morgan fingerprint density at radius 3 is 2.42 bits per heavy atom. The van der Waals surface area contributed by atoms with Crippen LogP contribution in [0.4, 0.5) is 11.4 Å². The summed E-state index contributed by atoms with van der Waals surface area (Å²) in [6.07, 6.45) is 0. The lowest BCUT2D eigenvalue weighted by Crippen LogP contribution is -2.11. The van der Waals surface area contributed by atoms with Crippen molar-refractivity contribution >= 4 is 44.5 Å². The van der Waals surface area contributed by atoms with Crippen LogP contribution in [0.1, 0.15) is 26.4 Å². The predicted octanol–water partition coefficient (Wildman–Crippen LogP) is 4.27. The summed E-state index contributed by atoms with van der Waals surface area (Å²) in [4.78, 5) is 12.9. The molecule has 0 unspecified atom stereocenters. The molecule has 0 aliphatic rings. The number of nitrogens with one attached hydrogen (secondary N) is 1. The van der Waals surface area contributed by atoms with Gasteiger partial charge in [-0.2, -0.15) is 0 Å². The molecule has 0 bridgehead atoms. The number of nitrogen functional groups attached to an aromatic ring is 1. The molecule has 0 saturated carbocycles. The lowest BCUT2D eigenvalue weighted by Gasteiger charge is -2.10. The summed E-state index contributed by atoms with van der Waals surface area (Å²) in [5.41, 5.74) is 10.4. The van der Waals surface area contributed by atoms with E-state index >= 15 is 0 Å². The average molecular weight is 339 g/mol. The Kier molecular flexibility index (Phi) is 3.96. The molecular formula is C14H15BrN2OS. The fraction of sp³-hybridized carbons (Fsp3) is 0.214. The first-order valence-electron chi connectivity index (χ1n) is 5.82. The summed E-state index contributed by atoms with van der Waals surface area (Å²) >= 11 is 4.86. The second kappa shape index (κ2) is 5.35. The number of rotatable bonds is 2. The Balaban J connectivity index is 2.26. The zero-order valence-electron chi connectivity index (χ0n) is 11.0. The molecule has 0 radical (unpaired) electrons. The summed E-state index contributed by atoms with van der Waals surface area (Å²) in [7, 11) is 0. The number of aryl methyl sites for hydroxylation is 3. The number of hydrogen-bond donors (Lipinski definition) is 2. The molecule has 0 aliphatic heterocycles. The van der Waals surface area contributed by atoms with Crippen LogP contribution in [0.5, 0.6) is 0 Å². The minimum atomic E-state index is -0.0916.